The summed E-state index contributed by atoms with van der Waals surface area (Å²) >= 11 is 3.31. The van der Waals surface area contributed by atoms with Crippen LogP contribution in [-0.2, 0) is 9.53 Å². The summed E-state index contributed by atoms with van der Waals surface area (Å²) in [6.07, 6.45) is 3.97. The van der Waals surface area contributed by atoms with Crippen molar-refractivity contribution in [3.05, 3.63) is 28.5 Å². The van der Waals surface area contributed by atoms with Crippen molar-refractivity contribution >= 4 is 27.8 Å². The Morgan fingerprint density at radius 3 is 2.57 bits per heavy atom. The molecule has 6 heteroatoms. The molecule has 1 aromatic rings. The Kier molecular flexibility index (Phi) is 6.81. The monoisotopic (exact) mass is 356 g/mol. The molecule has 21 heavy (non-hydrogen) atoms. The molecule has 2 atom stereocenters. The van der Waals surface area contributed by atoms with Gasteiger partial charge in [-0.05, 0) is 35.3 Å². The highest BCUT2D eigenvalue weighted by Gasteiger charge is 2.25. The first kappa shape index (κ1) is 17.6. The Morgan fingerprint density at radius 2 is 2.05 bits per heavy atom. The van der Waals surface area contributed by atoms with Gasteiger partial charge in [0.2, 0.25) is 0 Å². The van der Waals surface area contributed by atoms with Crippen molar-refractivity contribution in [2.45, 2.75) is 33.2 Å². The van der Waals surface area contributed by atoms with E-state index < -0.39 is 0 Å². The van der Waals surface area contributed by atoms with Crippen LogP contribution < -0.4 is 0 Å². The molecule has 0 aliphatic carbocycles. The van der Waals surface area contributed by atoms with Gasteiger partial charge in [0.05, 0.1) is 18.6 Å². The molecule has 116 valence electrons. The zero-order valence-corrected chi connectivity index (χ0v) is 14.4. The quantitative estimate of drug-likeness (QED) is 0.735. The second-order valence-corrected chi connectivity index (χ2v) is 5.95. The molecule has 0 aromatic carbocycles. The summed E-state index contributed by atoms with van der Waals surface area (Å²) in [5.41, 5.74) is 0.502. The number of nitrogens with zero attached hydrogens (tertiary/aromatic N) is 2. The number of halogens is 1. The molecule has 1 rings (SSSR count). The van der Waals surface area contributed by atoms with E-state index in [1.54, 1.807) is 24.1 Å². The lowest BCUT2D eigenvalue weighted by molar-refractivity contribution is -0.145. The smallest absolute Gasteiger partial charge is 0.310 e. The average Bonchev–Trinajstić information content (AvgIpc) is 2.50. The van der Waals surface area contributed by atoms with Crippen LogP contribution in [0.15, 0.2) is 22.9 Å². The number of pyridine rings is 1. The summed E-state index contributed by atoms with van der Waals surface area (Å²) in [7, 11) is 1.35. The number of rotatable bonds is 6. The van der Waals surface area contributed by atoms with Crippen molar-refractivity contribution in [2.75, 3.05) is 13.7 Å². The van der Waals surface area contributed by atoms with E-state index in [9.17, 15) is 9.59 Å². The number of methoxy groups -OCH3 is 1. The van der Waals surface area contributed by atoms with Gasteiger partial charge in [-0.1, -0.05) is 13.8 Å². The number of ether oxygens (including phenoxy) is 1. The molecule has 5 nitrogen and oxygen atoms in total. The van der Waals surface area contributed by atoms with Crippen LogP contribution in [0.25, 0.3) is 0 Å². The summed E-state index contributed by atoms with van der Waals surface area (Å²) < 4.78 is 5.48. The van der Waals surface area contributed by atoms with Gasteiger partial charge in [0.1, 0.15) is 0 Å². The molecular formula is C15H21BrN2O3. The number of carbonyl (C=O) groups excluding carboxylic acids is 2. The van der Waals surface area contributed by atoms with Crippen LogP contribution >= 0.6 is 15.9 Å². The normalized spacial score (nSPS) is 13.4. The SMILES string of the molecule is CCC(C)N(CC(C)C(=O)OC)C(=O)c1cncc(Br)c1. The van der Waals surface area contributed by atoms with E-state index in [4.69, 9.17) is 4.74 Å². The third kappa shape index (κ3) is 4.81. The fraction of sp³-hybridized carbons (Fsp3) is 0.533. The predicted octanol–water partition coefficient (Wildman–Crippen LogP) is 2.89. The molecule has 1 aromatic heterocycles. The van der Waals surface area contributed by atoms with Crippen LogP contribution in [0.2, 0.25) is 0 Å². The van der Waals surface area contributed by atoms with Crippen LogP contribution in [0.1, 0.15) is 37.6 Å². The van der Waals surface area contributed by atoms with Crippen LogP contribution in [0.3, 0.4) is 0 Å². The lowest BCUT2D eigenvalue weighted by atomic mass is 10.1. The second-order valence-electron chi connectivity index (χ2n) is 5.03. The van der Waals surface area contributed by atoms with Gasteiger partial charge < -0.3 is 9.64 Å². The fourth-order valence-corrected chi connectivity index (χ4v) is 2.31. The van der Waals surface area contributed by atoms with E-state index >= 15 is 0 Å². The van der Waals surface area contributed by atoms with Gasteiger partial charge in [0.25, 0.3) is 5.91 Å². The molecule has 2 unspecified atom stereocenters. The molecule has 0 fully saturated rings. The lowest BCUT2D eigenvalue weighted by Crippen LogP contribution is -2.42. The van der Waals surface area contributed by atoms with E-state index in [0.717, 1.165) is 10.9 Å². The van der Waals surface area contributed by atoms with Gasteiger partial charge in [-0.25, -0.2) is 0 Å². The molecule has 1 heterocycles. The van der Waals surface area contributed by atoms with E-state index in [1.807, 2.05) is 13.8 Å². The van der Waals surface area contributed by atoms with Crippen molar-refractivity contribution in [1.82, 2.24) is 9.88 Å². The number of hydrogen-bond acceptors (Lipinski definition) is 4. The topological polar surface area (TPSA) is 59.5 Å². The summed E-state index contributed by atoms with van der Waals surface area (Å²) in [6.45, 7) is 6.06. The van der Waals surface area contributed by atoms with Gasteiger partial charge in [-0.3, -0.25) is 14.6 Å². The minimum Gasteiger partial charge on any atom is -0.469 e. The average molecular weight is 357 g/mol. The molecule has 0 spiro atoms. The van der Waals surface area contributed by atoms with E-state index in [-0.39, 0.29) is 23.8 Å². The van der Waals surface area contributed by atoms with Crippen LogP contribution in [0.4, 0.5) is 0 Å². The third-order valence-corrected chi connectivity index (χ3v) is 3.84. The third-order valence-electron chi connectivity index (χ3n) is 3.41. The van der Waals surface area contributed by atoms with E-state index in [2.05, 4.69) is 20.9 Å². The Morgan fingerprint density at radius 1 is 1.38 bits per heavy atom. The minimum absolute atomic E-state index is 0.0311. The van der Waals surface area contributed by atoms with Gasteiger partial charge in [-0.2, -0.15) is 0 Å². The van der Waals surface area contributed by atoms with Gasteiger partial charge >= 0.3 is 5.97 Å². The highest BCUT2D eigenvalue weighted by Crippen LogP contribution is 2.16. The van der Waals surface area contributed by atoms with Crippen molar-refractivity contribution in [1.29, 1.82) is 0 Å². The van der Waals surface area contributed by atoms with Gasteiger partial charge in [0.15, 0.2) is 0 Å². The van der Waals surface area contributed by atoms with Crippen molar-refractivity contribution in [3.63, 3.8) is 0 Å². The number of carbonyl (C=O) groups is 2. The van der Waals surface area contributed by atoms with Crippen LogP contribution in [0.5, 0.6) is 0 Å². The molecule has 1 amide bonds. The second kappa shape index (κ2) is 8.12. The maximum absolute atomic E-state index is 12.7. The zero-order chi connectivity index (χ0) is 16.0. The first-order valence-electron chi connectivity index (χ1n) is 6.90. The van der Waals surface area contributed by atoms with E-state index in [0.29, 0.717) is 12.1 Å². The number of aromatic nitrogens is 1. The molecule has 0 saturated carbocycles. The largest absolute Gasteiger partial charge is 0.469 e. The summed E-state index contributed by atoms with van der Waals surface area (Å²) in [6, 6.07) is 1.76. The standard InChI is InChI=1S/C15H21BrN2O3/c1-5-11(3)18(9-10(2)15(20)21-4)14(19)12-6-13(16)8-17-7-12/h6-8,10-11H,5,9H2,1-4H3. The van der Waals surface area contributed by atoms with Gasteiger partial charge in [-0.15, -0.1) is 0 Å². The minimum atomic E-state index is -0.368. The lowest BCUT2D eigenvalue weighted by Gasteiger charge is -2.30. The Labute approximate surface area is 133 Å². The van der Waals surface area contributed by atoms with Crippen molar-refractivity contribution < 1.29 is 14.3 Å². The summed E-state index contributed by atoms with van der Waals surface area (Å²) in [5.74, 6) is -0.814. The predicted molar refractivity (Wildman–Crippen MR) is 83.9 cm³/mol. The fourth-order valence-electron chi connectivity index (χ4n) is 1.95. The Balaban J connectivity index is 2.97. The molecule has 0 bridgehead atoms. The number of amides is 1. The molecule has 0 N–H and O–H groups in total. The zero-order valence-electron chi connectivity index (χ0n) is 12.8. The Bertz CT molecular complexity index is 507. The highest BCUT2D eigenvalue weighted by molar-refractivity contribution is 9.10. The van der Waals surface area contributed by atoms with Crippen molar-refractivity contribution in [2.24, 2.45) is 5.92 Å². The number of hydrogen-bond donors (Lipinski definition) is 0. The number of esters is 1. The molecule has 0 aliphatic rings. The first-order valence-corrected chi connectivity index (χ1v) is 7.69. The molecule has 0 aliphatic heterocycles. The van der Waals surface area contributed by atoms with E-state index in [1.165, 1.54) is 13.3 Å². The summed E-state index contributed by atoms with van der Waals surface area (Å²) in [4.78, 5) is 30.0. The molecule has 0 saturated heterocycles. The van der Waals surface area contributed by atoms with Crippen LogP contribution in [-0.4, -0.2) is 41.5 Å². The highest BCUT2D eigenvalue weighted by atomic mass is 79.9. The van der Waals surface area contributed by atoms with Crippen molar-refractivity contribution in [3.8, 4) is 0 Å². The van der Waals surface area contributed by atoms with Gasteiger partial charge in [0, 0.05) is 29.5 Å². The molecular weight excluding hydrogens is 336 g/mol. The summed E-state index contributed by atoms with van der Waals surface area (Å²) in [5, 5.41) is 0. The Hall–Kier alpha value is -1.43. The first-order chi connectivity index (χ1) is 9.90. The van der Waals surface area contributed by atoms with Crippen LogP contribution in [0, 0.1) is 5.92 Å². The molecule has 0 radical (unpaired) electrons. The maximum Gasteiger partial charge on any atom is 0.310 e. The maximum atomic E-state index is 12.7.